The van der Waals surface area contributed by atoms with E-state index in [4.69, 9.17) is 4.74 Å². The maximum Gasteiger partial charge on any atom is 0.407 e. The molecule has 5 nitrogen and oxygen atoms in total. The molecule has 7 heteroatoms. The first-order chi connectivity index (χ1) is 12.0. The van der Waals surface area contributed by atoms with Crippen LogP contribution in [0.15, 0.2) is 57.5 Å². The van der Waals surface area contributed by atoms with Crippen molar-refractivity contribution in [2.24, 2.45) is 0 Å². The van der Waals surface area contributed by atoms with Gasteiger partial charge in [-0.3, -0.25) is 4.79 Å². The molecule has 0 aliphatic carbocycles. The van der Waals surface area contributed by atoms with Gasteiger partial charge in [0.2, 0.25) is 5.91 Å². The van der Waals surface area contributed by atoms with Crippen LogP contribution in [0.5, 0.6) is 0 Å². The van der Waals surface area contributed by atoms with E-state index in [0.717, 1.165) is 14.5 Å². The highest BCUT2D eigenvalue weighted by molar-refractivity contribution is 9.11. The van der Waals surface area contributed by atoms with Crippen molar-refractivity contribution in [1.29, 1.82) is 0 Å². The smallest absolute Gasteiger partial charge is 0.407 e. The molecular weight excluding hydrogens is 452 g/mol. The van der Waals surface area contributed by atoms with Crippen LogP contribution in [0.3, 0.4) is 0 Å². The third kappa shape index (κ3) is 7.27. The number of ether oxygens (including phenoxy) is 1. The molecule has 0 atom stereocenters. The number of rotatable bonds is 7. The maximum absolute atomic E-state index is 11.9. The van der Waals surface area contributed by atoms with Gasteiger partial charge in [0.05, 0.1) is 5.69 Å². The Kier molecular flexibility index (Phi) is 7.94. The number of amides is 2. The Morgan fingerprint density at radius 2 is 1.80 bits per heavy atom. The fourth-order valence-electron chi connectivity index (χ4n) is 2.02. The number of anilines is 1. The van der Waals surface area contributed by atoms with Gasteiger partial charge in [-0.25, -0.2) is 4.79 Å². The summed E-state index contributed by atoms with van der Waals surface area (Å²) in [5, 5.41) is 5.46. The number of benzene rings is 2. The second-order valence-electron chi connectivity index (χ2n) is 5.26. The van der Waals surface area contributed by atoms with Crippen LogP contribution in [0, 0.1) is 0 Å². The minimum atomic E-state index is -0.487. The summed E-state index contributed by atoms with van der Waals surface area (Å²) in [6.07, 6.45) is 0.342. The Balaban J connectivity index is 1.62. The number of hydrogen-bond donors (Lipinski definition) is 2. The summed E-state index contributed by atoms with van der Waals surface area (Å²) in [5.41, 5.74) is 1.63. The Labute approximate surface area is 163 Å². The van der Waals surface area contributed by atoms with E-state index in [-0.39, 0.29) is 12.5 Å². The third-order valence-electron chi connectivity index (χ3n) is 3.27. The monoisotopic (exact) mass is 468 g/mol. The van der Waals surface area contributed by atoms with Crippen molar-refractivity contribution in [1.82, 2.24) is 5.32 Å². The highest BCUT2D eigenvalue weighted by Crippen LogP contribution is 2.26. The Bertz CT molecular complexity index is 724. The average Bonchev–Trinajstić information content (AvgIpc) is 2.61. The number of carbonyl (C=O) groups is 2. The molecule has 2 rings (SSSR count). The summed E-state index contributed by atoms with van der Waals surface area (Å²) >= 11 is 6.75. The molecular formula is C18H18Br2N2O3. The maximum atomic E-state index is 11.9. The van der Waals surface area contributed by atoms with E-state index in [1.165, 1.54) is 0 Å². The van der Waals surface area contributed by atoms with Crippen molar-refractivity contribution >= 4 is 49.5 Å². The van der Waals surface area contributed by atoms with Crippen LogP contribution in [-0.4, -0.2) is 18.5 Å². The van der Waals surface area contributed by atoms with Crippen molar-refractivity contribution in [2.45, 2.75) is 19.4 Å². The lowest BCUT2D eigenvalue weighted by Crippen LogP contribution is -2.26. The highest BCUT2D eigenvalue weighted by atomic mass is 79.9. The van der Waals surface area contributed by atoms with Crippen LogP contribution in [0.4, 0.5) is 10.5 Å². The molecule has 2 aromatic rings. The molecule has 0 fully saturated rings. The van der Waals surface area contributed by atoms with Crippen LogP contribution < -0.4 is 10.6 Å². The topological polar surface area (TPSA) is 67.4 Å². The molecule has 0 radical (unpaired) electrons. The third-order valence-corrected chi connectivity index (χ3v) is 4.45. The lowest BCUT2D eigenvalue weighted by atomic mass is 10.2. The minimum Gasteiger partial charge on any atom is -0.445 e. The quantitative estimate of drug-likeness (QED) is 0.569. The van der Waals surface area contributed by atoms with Gasteiger partial charge in [-0.1, -0.05) is 46.3 Å². The SMILES string of the molecule is O=C(CCCNC(=O)OCc1ccccc1)Nc1cc(Br)ccc1Br. The van der Waals surface area contributed by atoms with Crippen molar-refractivity contribution < 1.29 is 14.3 Å². The molecule has 0 aliphatic heterocycles. The van der Waals surface area contributed by atoms with Crippen molar-refractivity contribution in [3.05, 3.63) is 63.0 Å². The zero-order valence-corrected chi connectivity index (χ0v) is 16.6. The zero-order chi connectivity index (χ0) is 18.1. The van der Waals surface area contributed by atoms with Gasteiger partial charge in [-0.05, 0) is 46.1 Å². The second kappa shape index (κ2) is 10.2. The number of carbonyl (C=O) groups excluding carboxylic acids is 2. The highest BCUT2D eigenvalue weighted by Gasteiger charge is 2.07. The van der Waals surface area contributed by atoms with E-state index in [1.807, 2.05) is 48.5 Å². The molecule has 2 aromatic carbocycles. The average molecular weight is 470 g/mol. The molecule has 2 amide bonds. The van der Waals surface area contributed by atoms with E-state index in [1.54, 1.807) is 0 Å². The van der Waals surface area contributed by atoms with E-state index < -0.39 is 6.09 Å². The zero-order valence-electron chi connectivity index (χ0n) is 13.4. The molecule has 0 aliphatic rings. The van der Waals surface area contributed by atoms with Gasteiger partial charge in [-0.15, -0.1) is 0 Å². The molecule has 0 bridgehead atoms. The summed E-state index contributed by atoms with van der Waals surface area (Å²) in [7, 11) is 0. The lowest BCUT2D eigenvalue weighted by Gasteiger charge is -2.09. The summed E-state index contributed by atoms with van der Waals surface area (Å²) < 4.78 is 6.79. The van der Waals surface area contributed by atoms with Crippen molar-refractivity contribution in [3.63, 3.8) is 0 Å². The standard InChI is InChI=1S/C18H18Br2N2O3/c19-14-8-9-15(20)16(11-14)22-17(23)7-4-10-21-18(24)25-12-13-5-2-1-3-6-13/h1-3,5-6,8-9,11H,4,7,10,12H2,(H,21,24)(H,22,23). The summed E-state index contributed by atoms with van der Waals surface area (Å²) in [4.78, 5) is 23.5. The first-order valence-electron chi connectivity index (χ1n) is 7.74. The second-order valence-corrected chi connectivity index (χ2v) is 7.03. The van der Waals surface area contributed by atoms with Crippen molar-refractivity contribution in [2.75, 3.05) is 11.9 Å². The molecule has 0 saturated carbocycles. The van der Waals surface area contributed by atoms with Gasteiger partial charge >= 0.3 is 6.09 Å². The van der Waals surface area contributed by atoms with E-state index in [0.29, 0.717) is 25.1 Å². The van der Waals surface area contributed by atoms with Crippen LogP contribution in [0.25, 0.3) is 0 Å². The van der Waals surface area contributed by atoms with Crippen LogP contribution in [0.2, 0.25) is 0 Å². The van der Waals surface area contributed by atoms with Gasteiger partial charge in [-0.2, -0.15) is 0 Å². The minimum absolute atomic E-state index is 0.113. The molecule has 132 valence electrons. The number of halogens is 2. The van der Waals surface area contributed by atoms with E-state index >= 15 is 0 Å². The predicted octanol–water partition coefficient (Wildman–Crippen LogP) is 4.86. The molecule has 2 N–H and O–H groups in total. The first-order valence-corrected chi connectivity index (χ1v) is 9.32. The Hall–Kier alpha value is -1.86. The molecule has 0 unspecified atom stereocenters. The van der Waals surface area contributed by atoms with Gasteiger partial charge < -0.3 is 15.4 Å². The van der Waals surface area contributed by atoms with Crippen LogP contribution in [-0.2, 0) is 16.1 Å². The van der Waals surface area contributed by atoms with E-state index in [2.05, 4.69) is 42.5 Å². The van der Waals surface area contributed by atoms with Gasteiger partial charge in [0.1, 0.15) is 6.61 Å². The normalized spacial score (nSPS) is 10.2. The van der Waals surface area contributed by atoms with Crippen LogP contribution >= 0.6 is 31.9 Å². The molecule has 0 saturated heterocycles. The van der Waals surface area contributed by atoms with Crippen LogP contribution in [0.1, 0.15) is 18.4 Å². The number of nitrogens with one attached hydrogen (secondary N) is 2. The summed E-state index contributed by atoms with van der Waals surface area (Å²) in [6, 6.07) is 15.0. The van der Waals surface area contributed by atoms with Gasteiger partial charge in [0.15, 0.2) is 0 Å². The predicted molar refractivity (Wildman–Crippen MR) is 104 cm³/mol. The molecule has 0 heterocycles. The van der Waals surface area contributed by atoms with Gasteiger partial charge in [0.25, 0.3) is 0 Å². The largest absolute Gasteiger partial charge is 0.445 e. The Morgan fingerprint density at radius 3 is 2.56 bits per heavy atom. The molecule has 0 spiro atoms. The summed E-state index contributed by atoms with van der Waals surface area (Å²) in [6.45, 7) is 0.602. The molecule has 0 aromatic heterocycles. The summed E-state index contributed by atoms with van der Waals surface area (Å²) in [5.74, 6) is -0.113. The fourth-order valence-corrected chi connectivity index (χ4v) is 2.73. The van der Waals surface area contributed by atoms with Crippen molar-refractivity contribution in [3.8, 4) is 0 Å². The first kappa shape index (κ1) is 19.5. The number of alkyl carbamates (subject to hydrolysis) is 1. The van der Waals surface area contributed by atoms with E-state index in [9.17, 15) is 9.59 Å². The Morgan fingerprint density at radius 1 is 1.04 bits per heavy atom. The number of hydrogen-bond acceptors (Lipinski definition) is 3. The molecule has 25 heavy (non-hydrogen) atoms. The lowest BCUT2D eigenvalue weighted by molar-refractivity contribution is -0.116. The fraction of sp³-hybridized carbons (Fsp3) is 0.222. The van der Waals surface area contributed by atoms with Gasteiger partial charge in [0, 0.05) is 21.9 Å².